The Morgan fingerprint density at radius 1 is 1.58 bits per heavy atom. The summed E-state index contributed by atoms with van der Waals surface area (Å²) in [6.07, 6.45) is 0.323. The van der Waals surface area contributed by atoms with Gasteiger partial charge in [-0.2, -0.15) is 0 Å². The summed E-state index contributed by atoms with van der Waals surface area (Å²) in [4.78, 5) is 14.0. The summed E-state index contributed by atoms with van der Waals surface area (Å²) in [6.45, 7) is 4.44. The Kier molecular flexibility index (Phi) is 6.23. The molecule has 1 aromatic carbocycles. The number of hydrogen-bond donors (Lipinski definition) is 1. The molecule has 0 saturated carbocycles. The lowest BCUT2D eigenvalue weighted by Crippen LogP contribution is -2.52. The van der Waals surface area contributed by atoms with Crippen molar-refractivity contribution < 1.29 is 9.18 Å². The van der Waals surface area contributed by atoms with Gasteiger partial charge in [0.15, 0.2) is 0 Å². The third-order valence-electron chi connectivity index (χ3n) is 3.16. The van der Waals surface area contributed by atoms with Crippen molar-refractivity contribution in [3.8, 4) is 0 Å². The highest BCUT2D eigenvalue weighted by Crippen LogP contribution is 2.18. The van der Waals surface area contributed by atoms with Gasteiger partial charge in [0.1, 0.15) is 5.82 Å². The van der Waals surface area contributed by atoms with E-state index >= 15 is 0 Å². The molecular formula is C13H17BrClFN2O. The molecule has 2 rings (SSSR count). The Morgan fingerprint density at radius 3 is 2.95 bits per heavy atom. The summed E-state index contributed by atoms with van der Waals surface area (Å²) in [5.74, 6) is -0.204. The molecule has 0 radical (unpaired) electrons. The van der Waals surface area contributed by atoms with E-state index in [1.807, 2.05) is 11.8 Å². The maximum Gasteiger partial charge on any atom is 0.227 e. The zero-order chi connectivity index (χ0) is 13.1. The lowest BCUT2D eigenvalue weighted by atomic mass is 10.1. The number of benzene rings is 1. The minimum Gasteiger partial charge on any atom is -0.337 e. The molecule has 0 spiro atoms. The van der Waals surface area contributed by atoms with E-state index in [0.717, 1.165) is 25.2 Å². The van der Waals surface area contributed by atoms with Crippen LogP contribution in [0.3, 0.4) is 0 Å². The molecule has 19 heavy (non-hydrogen) atoms. The first-order valence-electron chi connectivity index (χ1n) is 6.02. The fourth-order valence-electron chi connectivity index (χ4n) is 2.14. The summed E-state index contributed by atoms with van der Waals surface area (Å²) < 4.78 is 13.5. The van der Waals surface area contributed by atoms with Gasteiger partial charge in [-0.05, 0) is 40.5 Å². The van der Waals surface area contributed by atoms with Crippen molar-refractivity contribution >= 4 is 34.2 Å². The van der Waals surface area contributed by atoms with E-state index in [0.29, 0.717) is 10.9 Å². The summed E-state index contributed by atoms with van der Waals surface area (Å²) in [5, 5.41) is 3.25. The van der Waals surface area contributed by atoms with Crippen LogP contribution in [-0.2, 0) is 11.2 Å². The lowest BCUT2D eigenvalue weighted by molar-refractivity contribution is -0.133. The molecule has 1 N–H and O–H groups in total. The van der Waals surface area contributed by atoms with Crippen LogP contribution in [0.2, 0.25) is 0 Å². The Morgan fingerprint density at radius 2 is 2.32 bits per heavy atom. The first-order chi connectivity index (χ1) is 8.58. The standard InChI is InChI=1S/C13H16BrFN2O.ClH/c1-9-8-16-4-5-17(9)13(18)7-10-2-3-12(15)11(14)6-10;/h2-3,6,9,16H,4-5,7-8H2,1H3;1H/t9-;/m0./s1. The van der Waals surface area contributed by atoms with Crippen LogP contribution in [0.4, 0.5) is 4.39 Å². The highest BCUT2D eigenvalue weighted by atomic mass is 79.9. The van der Waals surface area contributed by atoms with Gasteiger partial charge in [0.05, 0.1) is 10.9 Å². The van der Waals surface area contributed by atoms with Crippen molar-refractivity contribution in [2.24, 2.45) is 0 Å². The van der Waals surface area contributed by atoms with Crippen LogP contribution < -0.4 is 5.32 Å². The van der Waals surface area contributed by atoms with Gasteiger partial charge in [-0.15, -0.1) is 12.4 Å². The highest BCUT2D eigenvalue weighted by Gasteiger charge is 2.22. The number of halogens is 3. The second-order valence-electron chi connectivity index (χ2n) is 4.57. The average molecular weight is 352 g/mol. The Hall–Kier alpha value is -0.650. The summed E-state index contributed by atoms with van der Waals surface area (Å²) in [5.41, 5.74) is 0.832. The van der Waals surface area contributed by atoms with Crippen molar-refractivity contribution in [2.75, 3.05) is 19.6 Å². The number of nitrogens with one attached hydrogen (secondary N) is 1. The van der Waals surface area contributed by atoms with Gasteiger partial charge in [-0.1, -0.05) is 6.07 Å². The van der Waals surface area contributed by atoms with Gasteiger partial charge in [-0.25, -0.2) is 4.39 Å². The normalized spacial score (nSPS) is 18.9. The minimum atomic E-state index is -0.304. The summed E-state index contributed by atoms with van der Waals surface area (Å²) in [6, 6.07) is 4.92. The van der Waals surface area contributed by atoms with Crippen LogP contribution in [0.1, 0.15) is 12.5 Å². The molecule has 1 aliphatic heterocycles. The van der Waals surface area contributed by atoms with E-state index in [1.165, 1.54) is 6.07 Å². The number of nitrogens with zero attached hydrogens (tertiary/aromatic N) is 1. The number of rotatable bonds is 2. The fraction of sp³-hybridized carbons (Fsp3) is 0.462. The van der Waals surface area contributed by atoms with E-state index < -0.39 is 0 Å². The lowest BCUT2D eigenvalue weighted by Gasteiger charge is -2.34. The second-order valence-corrected chi connectivity index (χ2v) is 5.42. The van der Waals surface area contributed by atoms with Crippen LogP contribution in [0.15, 0.2) is 22.7 Å². The molecule has 1 atom stereocenters. The molecule has 1 heterocycles. The van der Waals surface area contributed by atoms with Crippen LogP contribution >= 0.6 is 28.3 Å². The SMILES string of the molecule is C[C@H]1CNCCN1C(=O)Cc1ccc(F)c(Br)c1.Cl. The number of hydrogen-bond acceptors (Lipinski definition) is 2. The van der Waals surface area contributed by atoms with E-state index in [-0.39, 0.29) is 30.2 Å². The predicted octanol–water partition coefficient (Wildman–Crippen LogP) is 2.37. The van der Waals surface area contributed by atoms with Crippen molar-refractivity contribution in [1.29, 1.82) is 0 Å². The average Bonchev–Trinajstić information content (AvgIpc) is 2.34. The molecule has 0 aromatic heterocycles. The zero-order valence-electron chi connectivity index (χ0n) is 10.7. The third-order valence-corrected chi connectivity index (χ3v) is 3.77. The molecule has 3 nitrogen and oxygen atoms in total. The van der Waals surface area contributed by atoms with Gasteiger partial charge < -0.3 is 10.2 Å². The Labute approximate surface area is 127 Å². The first-order valence-corrected chi connectivity index (χ1v) is 6.81. The van der Waals surface area contributed by atoms with Crippen LogP contribution in [0.25, 0.3) is 0 Å². The minimum absolute atomic E-state index is 0. The van der Waals surface area contributed by atoms with Gasteiger partial charge in [0, 0.05) is 25.7 Å². The zero-order valence-corrected chi connectivity index (χ0v) is 13.1. The second kappa shape index (κ2) is 7.22. The molecule has 106 valence electrons. The Balaban J connectivity index is 0.00000180. The van der Waals surface area contributed by atoms with Crippen LogP contribution in [0.5, 0.6) is 0 Å². The van der Waals surface area contributed by atoms with Crippen molar-refractivity contribution in [2.45, 2.75) is 19.4 Å². The third kappa shape index (κ3) is 4.16. The van der Waals surface area contributed by atoms with E-state index in [1.54, 1.807) is 12.1 Å². The summed E-state index contributed by atoms with van der Waals surface area (Å²) >= 11 is 3.13. The van der Waals surface area contributed by atoms with Crippen molar-refractivity contribution in [3.63, 3.8) is 0 Å². The van der Waals surface area contributed by atoms with Crippen molar-refractivity contribution in [1.82, 2.24) is 10.2 Å². The topological polar surface area (TPSA) is 32.3 Å². The molecule has 1 fully saturated rings. The van der Waals surface area contributed by atoms with E-state index in [9.17, 15) is 9.18 Å². The molecule has 1 aromatic rings. The molecule has 0 bridgehead atoms. The fourth-order valence-corrected chi connectivity index (χ4v) is 2.56. The number of amides is 1. The summed E-state index contributed by atoms with van der Waals surface area (Å²) in [7, 11) is 0. The van der Waals surface area contributed by atoms with Crippen molar-refractivity contribution in [3.05, 3.63) is 34.1 Å². The molecular weight excluding hydrogens is 335 g/mol. The largest absolute Gasteiger partial charge is 0.337 e. The van der Waals surface area contributed by atoms with Gasteiger partial charge in [0.2, 0.25) is 5.91 Å². The van der Waals surface area contributed by atoms with E-state index in [2.05, 4.69) is 21.2 Å². The van der Waals surface area contributed by atoms with E-state index in [4.69, 9.17) is 0 Å². The predicted molar refractivity (Wildman–Crippen MR) is 79.1 cm³/mol. The van der Waals surface area contributed by atoms with Gasteiger partial charge in [-0.3, -0.25) is 4.79 Å². The Bertz CT molecular complexity index is 458. The highest BCUT2D eigenvalue weighted by molar-refractivity contribution is 9.10. The molecule has 1 saturated heterocycles. The molecule has 6 heteroatoms. The molecule has 0 unspecified atom stereocenters. The van der Waals surface area contributed by atoms with Gasteiger partial charge in [0.25, 0.3) is 0 Å². The number of piperazine rings is 1. The smallest absolute Gasteiger partial charge is 0.227 e. The quantitative estimate of drug-likeness (QED) is 0.887. The maximum atomic E-state index is 13.1. The monoisotopic (exact) mass is 350 g/mol. The van der Waals surface area contributed by atoms with Gasteiger partial charge >= 0.3 is 0 Å². The van der Waals surface area contributed by atoms with Crippen LogP contribution in [-0.4, -0.2) is 36.5 Å². The first kappa shape index (κ1) is 16.4. The molecule has 1 aliphatic rings. The number of carbonyl (C=O) groups excluding carboxylic acids is 1. The maximum absolute atomic E-state index is 13.1. The number of carbonyl (C=O) groups is 1. The molecule has 1 amide bonds. The van der Waals surface area contributed by atoms with Crippen LogP contribution in [0, 0.1) is 5.82 Å². The molecule has 0 aliphatic carbocycles.